The quantitative estimate of drug-likeness (QED) is 0.712. The van der Waals surface area contributed by atoms with Gasteiger partial charge in [-0.2, -0.15) is 0 Å². The number of aromatic nitrogens is 2. The van der Waals surface area contributed by atoms with Crippen molar-refractivity contribution in [2.45, 2.75) is 0 Å². The average molecular weight is 299 g/mol. The highest BCUT2D eigenvalue weighted by Crippen LogP contribution is 2.23. The zero-order valence-corrected chi connectivity index (χ0v) is 11.6. The zero-order valence-electron chi connectivity index (χ0n) is 10.9. The number of nitrogen functional groups attached to an aromatic ring is 1. The van der Waals surface area contributed by atoms with E-state index in [9.17, 15) is 4.79 Å². The van der Waals surface area contributed by atoms with Crippen LogP contribution in [0.4, 0.5) is 11.4 Å². The van der Waals surface area contributed by atoms with Crippen LogP contribution in [0.3, 0.4) is 0 Å². The summed E-state index contributed by atoms with van der Waals surface area (Å²) in [7, 11) is 0. The number of rotatable bonds is 2. The fourth-order valence-electron chi connectivity index (χ4n) is 1.91. The Hall–Kier alpha value is -2.66. The van der Waals surface area contributed by atoms with Gasteiger partial charge in [-0.15, -0.1) is 0 Å². The molecule has 0 spiro atoms. The van der Waals surface area contributed by atoms with Gasteiger partial charge in [0.1, 0.15) is 0 Å². The molecule has 0 fully saturated rings. The van der Waals surface area contributed by atoms with Crippen molar-refractivity contribution in [2.75, 3.05) is 11.1 Å². The first-order chi connectivity index (χ1) is 10.1. The van der Waals surface area contributed by atoms with Crippen LogP contribution in [0.2, 0.25) is 5.02 Å². The van der Waals surface area contributed by atoms with Crippen LogP contribution in [0.1, 0.15) is 10.4 Å². The molecule has 1 aromatic heterocycles. The highest BCUT2D eigenvalue weighted by atomic mass is 35.5. The molecule has 0 radical (unpaired) electrons. The Kier molecular flexibility index (Phi) is 3.41. The number of nitrogens with zero attached hydrogens (tertiary/aromatic N) is 2. The van der Waals surface area contributed by atoms with E-state index in [1.165, 1.54) is 0 Å². The summed E-state index contributed by atoms with van der Waals surface area (Å²) in [5.74, 6) is -0.247. The maximum absolute atomic E-state index is 12.2. The molecule has 1 heterocycles. The molecule has 0 aliphatic rings. The van der Waals surface area contributed by atoms with Crippen molar-refractivity contribution in [3.8, 4) is 0 Å². The number of halogens is 1. The molecule has 0 aliphatic carbocycles. The van der Waals surface area contributed by atoms with Gasteiger partial charge in [0, 0.05) is 23.6 Å². The van der Waals surface area contributed by atoms with Crippen LogP contribution in [0, 0.1) is 0 Å². The first-order valence-corrected chi connectivity index (χ1v) is 6.58. The Bertz CT molecular complexity index is 835. The van der Waals surface area contributed by atoms with Gasteiger partial charge in [0.2, 0.25) is 0 Å². The van der Waals surface area contributed by atoms with Crippen molar-refractivity contribution in [2.24, 2.45) is 0 Å². The second kappa shape index (κ2) is 5.38. The lowest BCUT2D eigenvalue weighted by molar-refractivity contribution is 0.102. The molecule has 0 saturated heterocycles. The SMILES string of the molecule is Nc1ccc(NC(=O)c2ccc3nccnc3c2)cc1Cl. The first kappa shape index (κ1) is 13.3. The van der Waals surface area contributed by atoms with Gasteiger partial charge >= 0.3 is 0 Å². The standard InChI is InChI=1S/C15H11ClN4O/c16-11-8-10(2-3-12(11)17)20-15(21)9-1-4-13-14(7-9)19-6-5-18-13/h1-8H,17H2,(H,20,21). The first-order valence-electron chi connectivity index (χ1n) is 6.20. The third kappa shape index (κ3) is 2.78. The van der Waals surface area contributed by atoms with Crippen molar-refractivity contribution in [3.63, 3.8) is 0 Å². The Labute approximate surface area is 125 Å². The minimum Gasteiger partial charge on any atom is -0.398 e. The summed E-state index contributed by atoms with van der Waals surface area (Å²) in [6, 6.07) is 10.1. The van der Waals surface area contributed by atoms with E-state index in [0.29, 0.717) is 27.5 Å². The molecule has 104 valence electrons. The summed E-state index contributed by atoms with van der Waals surface area (Å²) in [6.45, 7) is 0. The molecule has 0 saturated carbocycles. The third-order valence-corrected chi connectivity index (χ3v) is 3.32. The minimum atomic E-state index is -0.247. The molecule has 3 aromatic rings. The van der Waals surface area contributed by atoms with Crippen LogP contribution in [0.25, 0.3) is 11.0 Å². The fourth-order valence-corrected chi connectivity index (χ4v) is 2.09. The number of fused-ring (bicyclic) bond motifs is 1. The van der Waals surface area contributed by atoms with Gasteiger partial charge < -0.3 is 11.1 Å². The maximum Gasteiger partial charge on any atom is 0.255 e. The zero-order chi connectivity index (χ0) is 14.8. The van der Waals surface area contributed by atoms with Crippen molar-refractivity contribution in [1.29, 1.82) is 0 Å². The number of nitrogens with one attached hydrogen (secondary N) is 1. The molecule has 1 amide bonds. The van der Waals surface area contributed by atoms with E-state index in [0.717, 1.165) is 5.52 Å². The lowest BCUT2D eigenvalue weighted by Gasteiger charge is -2.07. The van der Waals surface area contributed by atoms with Crippen molar-refractivity contribution in [3.05, 3.63) is 59.4 Å². The van der Waals surface area contributed by atoms with Crippen LogP contribution >= 0.6 is 11.6 Å². The van der Waals surface area contributed by atoms with E-state index < -0.39 is 0 Å². The number of carbonyl (C=O) groups is 1. The van der Waals surface area contributed by atoms with E-state index in [1.54, 1.807) is 48.8 Å². The van der Waals surface area contributed by atoms with E-state index >= 15 is 0 Å². The van der Waals surface area contributed by atoms with Crippen LogP contribution in [0.15, 0.2) is 48.8 Å². The molecule has 0 aliphatic heterocycles. The van der Waals surface area contributed by atoms with Gasteiger partial charge in [0.25, 0.3) is 5.91 Å². The molecule has 21 heavy (non-hydrogen) atoms. The number of amides is 1. The minimum absolute atomic E-state index is 0.247. The fraction of sp³-hybridized carbons (Fsp3) is 0. The Balaban J connectivity index is 1.87. The van der Waals surface area contributed by atoms with Gasteiger partial charge in [0.05, 0.1) is 21.7 Å². The van der Waals surface area contributed by atoms with Gasteiger partial charge in [-0.3, -0.25) is 14.8 Å². The van der Waals surface area contributed by atoms with Gasteiger partial charge in [-0.05, 0) is 36.4 Å². The van der Waals surface area contributed by atoms with Gasteiger partial charge in [0.15, 0.2) is 0 Å². The molecule has 3 N–H and O–H groups in total. The van der Waals surface area contributed by atoms with E-state index in [1.807, 2.05) is 0 Å². The molecular formula is C15H11ClN4O. The summed E-state index contributed by atoms with van der Waals surface area (Å²) < 4.78 is 0. The Morgan fingerprint density at radius 2 is 1.81 bits per heavy atom. The van der Waals surface area contributed by atoms with E-state index in [-0.39, 0.29) is 5.91 Å². The summed E-state index contributed by atoms with van der Waals surface area (Å²) >= 11 is 5.93. The topological polar surface area (TPSA) is 80.9 Å². The third-order valence-electron chi connectivity index (χ3n) is 2.99. The second-order valence-corrected chi connectivity index (χ2v) is 4.86. The molecule has 0 bridgehead atoms. The highest BCUT2D eigenvalue weighted by molar-refractivity contribution is 6.33. The van der Waals surface area contributed by atoms with E-state index in [2.05, 4.69) is 15.3 Å². The molecule has 5 nitrogen and oxygen atoms in total. The Morgan fingerprint density at radius 1 is 1.05 bits per heavy atom. The molecule has 3 rings (SSSR count). The lowest BCUT2D eigenvalue weighted by atomic mass is 10.1. The number of carbonyl (C=O) groups excluding carboxylic acids is 1. The predicted octanol–water partition coefficient (Wildman–Crippen LogP) is 3.12. The smallest absolute Gasteiger partial charge is 0.255 e. The largest absolute Gasteiger partial charge is 0.398 e. The molecule has 6 heteroatoms. The highest BCUT2D eigenvalue weighted by Gasteiger charge is 2.08. The molecular weight excluding hydrogens is 288 g/mol. The van der Waals surface area contributed by atoms with Crippen LogP contribution in [-0.2, 0) is 0 Å². The van der Waals surface area contributed by atoms with Gasteiger partial charge in [-0.25, -0.2) is 0 Å². The molecule has 0 unspecified atom stereocenters. The number of nitrogens with two attached hydrogens (primary N) is 1. The molecule has 0 atom stereocenters. The van der Waals surface area contributed by atoms with E-state index in [4.69, 9.17) is 17.3 Å². The summed E-state index contributed by atoms with van der Waals surface area (Å²) in [6.07, 6.45) is 3.20. The molecule has 2 aromatic carbocycles. The summed E-state index contributed by atoms with van der Waals surface area (Å²) in [5, 5.41) is 3.16. The Morgan fingerprint density at radius 3 is 2.57 bits per heavy atom. The van der Waals surface area contributed by atoms with Crippen molar-refractivity contribution >= 4 is 39.9 Å². The average Bonchev–Trinajstić information content (AvgIpc) is 2.50. The predicted molar refractivity (Wildman–Crippen MR) is 83.4 cm³/mol. The monoisotopic (exact) mass is 298 g/mol. The summed E-state index contributed by atoms with van der Waals surface area (Å²) in [5.41, 5.74) is 8.59. The number of benzene rings is 2. The van der Waals surface area contributed by atoms with Crippen LogP contribution in [0.5, 0.6) is 0 Å². The second-order valence-electron chi connectivity index (χ2n) is 4.45. The van der Waals surface area contributed by atoms with Crippen LogP contribution < -0.4 is 11.1 Å². The number of hydrogen-bond acceptors (Lipinski definition) is 4. The number of anilines is 2. The lowest BCUT2D eigenvalue weighted by Crippen LogP contribution is -2.12. The summed E-state index contributed by atoms with van der Waals surface area (Å²) in [4.78, 5) is 20.6. The van der Waals surface area contributed by atoms with Crippen LogP contribution in [-0.4, -0.2) is 15.9 Å². The number of hydrogen-bond donors (Lipinski definition) is 2. The van der Waals surface area contributed by atoms with Crippen molar-refractivity contribution in [1.82, 2.24) is 9.97 Å². The normalized spacial score (nSPS) is 10.5. The maximum atomic E-state index is 12.2. The van der Waals surface area contributed by atoms with Crippen molar-refractivity contribution < 1.29 is 4.79 Å². The van der Waals surface area contributed by atoms with Gasteiger partial charge in [-0.1, -0.05) is 11.6 Å².